The first-order chi connectivity index (χ1) is 16.1. The average molecular weight is 487 g/mol. The molecule has 1 aromatic heterocycles. The van der Waals surface area contributed by atoms with Gasteiger partial charge in [0.2, 0.25) is 5.13 Å². The number of anilines is 2. The Bertz CT molecular complexity index is 1040. The van der Waals surface area contributed by atoms with Gasteiger partial charge in [-0.25, -0.2) is 9.78 Å². The van der Waals surface area contributed by atoms with Gasteiger partial charge in [0, 0.05) is 67.9 Å². The molecule has 0 bridgehead atoms. The van der Waals surface area contributed by atoms with Crippen molar-refractivity contribution in [3.63, 3.8) is 0 Å². The van der Waals surface area contributed by atoms with Crippen LogP contribution in [0.5, 0.6) is 5.75 Å². The molecule has 10 heteroatoms. The molecule has 4 rings (SSSR count). The van der Waals surface area contributed by atoms with Crippen molar-refractivity contribution in [1.82, 2.24) is 19.6 Å². The van der Waals surface area contributed by atoms with Crippen molar-refractivity contribution in [2.45, 2.75) is 6.42 Å². The Morgan fingerprint density at radius 1 is 1.09 bits per heavy atom. The van der Waals surface area contributed by atoms with Gasteiger partial charge in [-0.2, -0.15) is 4.37 Å². The van der Waals surface area contributed by atoms with E-state index in [0.29, 0.717) is 13.0 Å². The van der Waals surface area contributed by atoms with Crippen LogP contribution in [0.1, 0.15) is 11.4 Å². The van der Waals surface area contributed by atoms with Gasteiger partial charge in [0.25, 0.3) is 0 Å². The summed E-state index contributed by atoms with van der Waals surface area (Å²) in [4.78, 5) is 21.4. The summed E-state index contributed by atoms with van der Waals surface area (Å²) in [7, 11) is 1.61. The molecule has 1 fully saturated rings. The predicted molar refractivity (Wildman–Crippen MR) is 133 cm³/mol. The summed E-state index contributed by atoms with van der Waals surface area (Å²) in [5, 5.41) is 7.45. The molecular formula is C23H27ClN6O2S. The fourth-order valence-electron chi connectivity index (χ4n) is 3.57. The summed E-state index contributed by atoms with van der Waals surface area (Å²) in [6, 6.07) is 14.8. The first-order valence-corrected chi connectivity index (χ1v) is 12.0. The quantitative estimate of drug-likeness (QED) is 0.505. The molecule has 1 saturated heterocycles. The van der Waals surface area contributed by atoms with Gasteiger partial charge < -0.3 is 20.3 Å². The maximum atomic E-state index is 12.1. The third-order valence-electron chi connectivity index (χ3n) is 5.44. The fraction of sp³-hybridized carbons (Fsp3) is 0.348. The van der Waals surface area contributed by atoms with Gasteiger partial charge in [0.1, 0.15) is 11.6 Å². The molecule has 0 saturated carbocycles. The van der Waals surface area contributed by atoms with E-state index in [9.17, 15) is 4.79 Å². The summed E-state index contributed by atoms with van der Waals surface area (Å²) in [6.07, 6.45) is 0.706. The van der Waals surface area contributed by atoms with Crippen molar-refractivity contribution < 1.29 is 9.53 Å². The van der Waals surface area contributed by atoms with Crippen LogP contribution in [-0.2, 0) is 6.42 Å². The van der Waals surface area contributed by atoms with Gasteiger partial charge in [-0.05, 0) is 42.0 Å². The first-order valence-electron chi connectivity index (χ1n) is 10.8. The minimum Gasteiger partial charge on any atom is -0.497 e. The van der Waals surface area contributed by atoms with E-state index in [1.807, 2.05) is 48.5 Å². The van der Waals surface area contributed by atoms with Crippen molar-refractivity contribution >= 4 is 40.0 Å². The van der Waals surface area contributed by atoms with E-state index in [-0.39, 0.29) is 6.03 Å². The monoisotopic (exact) mass is 486 g/mol. The predicted octanol–water partition coefficient (Wildman–Crippen LogP) is 3.73. The number of nitrogens with one attached hydrogen (secondary N) is 2. The lowest BCUT2D eigenvalue weighted by molar-refractivity contribution is 0.240. The van der Waals surface area contributed by atoms with Gasteiger partial charge >= 0.3 is 6.03 Å². The number of carbonyl (C=O) groups is 1. The smallest absolute Gasteiger partial charge is 0.319 e. The molecule has 1 aliphatic rings. The number of piperazine rings is 1. The normalized spacial score (nSPS) is 14.2. The molecule has 2 amide bonds. The first kappa shape index (κ1) is 23.3. The van der Waals surface area contributed by atoms with Crippen LogP contribution in [0.3, 0.4) is 0 Å². The van der Waals surface area contributed by atoms with Crippen LogP contribution >= 0.6 is 23.1 Å². The zero-order valence-electron chi connectivity index (χ0n) is 18.5. The van der Waals surface area contributed by atoms with Crippen LogP contribution < -0.4 is 20.3 Å². The van der Waals surface area contributed by atoms with Crippen LogP contribution in [0.15, 0.2) is 48.5 Å². The highest BCUT2D eigenvalue weighted by Gasteiger charge is 2.20. The van der Waals surface area contributed by atoms with Gasteiger partial charge in [0.15, 0.2) is 0 Å². The number of nitrogens with zero attached hydrogens (tertiary/aromatic N) is 4. The van der Waals surface area contributed by atoms with E-state index in [2.05, 4.69) is 24.8 Å². The second-order valence-electron chi connectivity index (χ2n) is 7.73. The standard InChI is InChI=1S/C23H27ClN6O2S/c1-32-20-8-6-19(7-9-20)26-22(31)25-10-11-29-12-14-30(15-13-29)23-27-21(28-33-23)16-17-2-4-18(24)5-3-17/h2-9H,10-16H2,1H3,(H2,25,26,31). The van der Waals surface area contributed by atoms with Crippen molar-refractivity contribution in [2.75, 3.05) is 56.6 Å². The molecule has 33 heavy (non-hydrogen) atoms. The molecule has 2 aromatic carbocycles. The minimum atomic E-state index is -0.208. The molecule has 174 valence electrons. The zero-order valence-corrected chi connectivity index (χ0v) is 20.0. The van der Waals surface area contributed by atoms with Crippen molar-refractivity contribution in [1.29, 1.82) is 0 Å². The molecule has 0 aliphatic carbocycles. The molecule has 1 aliphatic heterocycles. The average Bonchev–Trinajstić information content (AvgIpc) is 3.30. The van der Waals surface area contributed by atoms with E-state index < -0.39 is 0 Å². The number of carbonyl (C=O) groups excluding carboxylic acids is 1. The molecule has 0 unspecified atom stereocenters. The van der Waals surface area contributed by atoms with Gasteiger partial charge in [-0.15, -0.1) is 0 Å². The maximum absolute atomic E-state index is 12.1. The number of amides is 2. The Morgan fingerprint density at radius 2 is 1.82 bits per heavy atom. The highest BCUT2D eigenvalue weighted by atomic mass is 35.5. The molecular weight excluding hydrogens is 460 g/mol. The summed E-state index contributed by atoms with van der Waals surface area (Å²) in [5.41, 5.74) is 1.88. The second-order valence-corrected chi connectivity index (χ2v) is 8.90. The molecule has 0 radical (unpaired) electrons. The lowest BCUT2D eigenvalue weighted by Gasteiger charge is -2.34. The van der Waals surface area contributed by atoms with E-state index in [0.717, 1.165) is 65.7 Å². The number of urea groups is 1. The Morgan fingerprint density at radius 3 is 2.52 bits per heavy atom. The second kappa shape index (κ2) is 11.3. The fourth-order valence-corrected chi connectivity index (χ4v) is 4.43. The number of aromatic nitrogens is 2. The Hall–Kier alpha value is -2.88. The van der Waals surface area contributed by atoms with Crippen LogP contribution in [0, 0.1) is 0 Å². The summed E-state index contributed by atoms with van der Waals surface area (Å²) in [5.74, 6) is 1.60. The molecule has 0 atom stereocenters. The highest BCUT2D eigenvalue weighted by molar-refractivity contribution is 7.09. The number of halogens is 1. The minimum absolute atomic E-state index is 0.208. The number of hydrogen-bond donors (Lipinski definition) is 2. The number of hydrogen-bond acceptors (Lipinski definition) is 7. The largest absolute Gasteiger partial charge is 0.497 e. The van der Waals surface area contributed by atoms with Crippen LogP contribution in [-0.4, -0.2) is 66.7 Å². The molecule has 2 heterocycles. The lowest BCUT2D eigenvalue weighted by Crippen LogP contribution is -2.48. The van der Waals surface area contributed by atoms with Crippen molar-refractivity contribution in [3.8, 4) is 5.75 Å². The number of ether oxygens (including phenoxy) is 1. The molecule has 2 N–H and O–H groups in total. The van der Waals surface area contributed by atoms with Gasteiger partial charge in [-0.3, -0.25) is 4.90 Å². The van der Waals surface area contributed by atoms with Crippen molar-refractivity contribution in [2.24, 2.45) is 0 Å². The Balaban J connectivity index is 1.16. The highest BCUT2D eigenvalue weighted by Crippen LogP contribution is 2.21. The SMILES string of the molecule is COc1ccc(NC(=O)NCCN2CCN(c3nc(Cc4ccc(Cl)cc4)ns3)CC2)cc1. The third kappa shape index (κ3) is 6.80. The molecule has 0 spiro atoms. The molecule has 8 nitrogen and oxygen atoms in total. The topological polar surface area (TPSA) is 82.6 Å². The number of benzene rings is 2. The maximum Gasteiger partial charge on any atom is 0.319 e. The van der Waals surface area contributed by atoms with Crippen LogP contribution in [0.4, 0.5) is 15.6 Å². The van der Waals surface area contributed by atoms with Crippen molar-refractivity contribution in [3.05, 3.63) is 64.9 Å². The third-order valence-corrected chi connectivity index (χ3v) is 6.50. The van der Waals surface area contributed by atoms with E-state index in [1.165, 1.54) is 11.5 Å². The molecule has 3 aromatic rings. The summed E-state index contributed by atoms with van der Waals surface area (Å²) >= 11 is 7.41. The van der Waals surface area contributed by atoms with Crippen LogP contribution in [0.25, 0.3) is 0 Å². The Labute approximate surface area is 202 Å². The summed E-state index contributed by atoms with van der Waals surface area (Å²) in [6.45, 7) is 5.04. The van der Waals surface area contributed by atoms with Gasteiger partial charge in [0.05, 0.1) is 7.11 Å². The van der Waals surface area contributed by atoms with E-state index >= 15 is 0 Å². The van der Waals surface area contributed by atoms with E-state index in [1.54, 1.807) is 7.11 Å². The lowest BCUT2D eigenvalue weighted by atomic mass is 10.1. The van der Waals surface area contributed by atoms with Crippen LogP contribution in [0.2, 0.25) is 5.02 Å². The number of methoxy groups -OCH3 is 1. The zero-order chi connectivity index (χ0) is 23.0. The number of rotatable bonds is 8. The van der Waals surface area contributed by atoms with E-state index in [4.69, 9.17) is 21.3 Å². The summed E-state index contributed by atoms with van der Waals surface area (Å²) < 4.78 is 9.64. The van der Waals surface area contributed by atoms with Gasteiger partial charge in [-0.1, -0.05) is 23.7 Å². The Kier molecular flexibility index (Phi) is 7.98.